The molecular weight excluding hydrogens is 232 g/mol. The molecule has 1 aliphatic carbocycles. The first-order valence-electron chi connectivity index (χ1n) is 6.60. The lowest BCUT2D eigenvalue weighted by molar-refractivity contribution is 0.131. The van der Waals surface area contributed by atoms with Crippen molar-refractivity contribution >= 4 is 11.6 Å². The number of halogens is 1. The summed E-state index contributed by atoms with van der Waals surface area (Å²) >= 11 is 6.03. The predicted molar refractivity (Wildman–Crippen MR) is 72.3 cm³/mol. The molecule has 1 unspecified atom stereocenters. The lowest BCUT2D eigenvalue weighted by atomic mass is 9.84. The van der Waals surface area contributed by atoms with Crippen LogP contribution in [0.3, 0.4) is 0 Å². The molecule has 2 rings (SSSR count). The van der Waals surface area contributed by atoms with E-state index in [-0.39, 0.29) is 6.10 Å². The Balaban J connectivity index is 2.00. The molecule has 1 aromatic rings. The van der Waals surface area contributed by atoms with Gasteiger partial charge in [0.15, 0.2) is 0 Å². The van der Waals surface area contributed by atoms with Crippen LogP contribution in [0.5, 0.6) is 0 Å². The van der Waals surface area contributed by atoms with Crippen molar-refractivity contribution in [1.29, 1.82) is 0 Å². The van der Waals surface area contributed by atoms with E-state index in [9.17, 15) is 5.11 Å². The van der Waals surface area contributed by atoms with Crippen LogP contribution in [0, 0.1) is 12.8 Å². The number of aliphatic hydroxyl groups excluding tert-OH is 1. The van der Waals surface area contributed by atoms with Gasteiger partial charge in [-0.1, -0.05) is 49.8 Å². The van der Waals surface area contributed by atoms with Crippen LogP contribution in [-0.2, 0) is 0 Å². The van der Waals surface area contributed by atoms with Gasteiger partial charge in [0, 0.05) is 5.02 Å². The van der Waals surface area contributed by atoms with Gasteiger partial charge in [0.2, 0.25) is 0 Å². The minimum Gasteiger partial charge on any atom is -0.388 e. The summed E-state index contributed by atoms with van der Waals surface area (Å²) in [5.41, 5.74) is 2.09. The Morgan fingerprint density at radius 2 is 1.94 bits per heavy atom. The fourth-order valence-corrected chi connectivity index (χ4v) is 3.13. The van der Waals surface area contributed by atoms with E-state index in [1.165, 1.54) is 32.1 Å². The molecule has 1 saturated carbocycles. The predicted octanol–water partition coefficient (Wildman–Crippen LogP) is 4.65. The number of benzene rings is 1. The maximum atomic E-state index is 10.3. The zero-order valence-electron chi connectivity index (χ0n) is 10.5. The summed E-state index contributed by atoms with van der Waals surface area (Å²) in [4.78, 5) is 0. The lowest BCUT2D eigenvalue weighted by Crippen LogP contribution is -2.11. The topological polar surface area (TPSA) is 20.2 Å². The van der Waals surface area contributed by atoms with Gasteiger partial charge in [0.05, 0.1) is 6.10 Å². The Kier molecular flexibility index (Phi) is 4.47. The maximum absolute atomic E-state index is 10.3. The lowest BCUT2D eigenvalue weighted by Gasteiger charge is -2.24. The molecule has 0 spiro atoms. The fraction of sp³-hybridized carbons (Fsp3) is 0.600. The standard InChI is InChI=1S/C15H21ClO/c1-11-7-13(10-14(16)8-11)15(17)9-12-5-3-2-4-6-12/h7-8,10,12,15,17H,2-6,9H2,1H3. The average molecular weight is 253 g/mol. The largest absolute Gasteiger partial charge is 0.388 e. The van der Waals surface area contributed by atoms with Crippen LogP contribution in [0.25, 0.3) is 0 Å². The SMILES string of the molecule is Cc1cc(Cl)cc(C(O)CC2CCCCC2)c1. The number of hydrogen-bond donors (Lipinski definition) is 1. The first kappa shape index (κ1) is 12.9. The summed E-state index contributed by atoms with van der Waals surface area (Å²) in [7, 11) is 0. The fourth-order valence-electron chi connectivity index (χ4n) is 2.83. The van der Waals surface area contributed by atoms with E-state index in [1.807, 2.05) is 25.1 Å². The molecule has 0 aliphatic heterocycles. The number of hydrogen-bond acceptors (Lipinski definition) is 1. The van der Waals surface area contributed by atoms with Crippen LogP contribution >= 0.6 is 11.6 Å². The molecule has 0 amide bonds. The van der Waals surface area contributed by atoms with E-state index >= 15 is 0 Å². The van der Waals surface area contributed by atoms with Crippen molar-refractivity contribution in [2.24, 2.45) is 5.92 Å². The normalized spacial score (nSPS) is 19.2. The average Bonchev–Trinajstić information content (AvgIpc) is 2.29. The van der Waals surface area contributed by atoms with Crippen molar-refractivity contribution in [3.8, 4) is 0 Å². The number of rotatable bonds is 3. The highest BCUT2D eigenvalue weighted by Gasteiger charge is 2.18. The molecule has 1 fully saturated rings. The molecule has 1 N–H and O–H groups in total. The summed E-state index contributed by atoms with van der Waals surface area (Å²) in [6.45, 7) is 2.02. The van der Waals surface area contributed by atoms with Gasteiger partial charge in [-0.15, -0.1) is 0 Å². The van der Waals surface area contributed by atoms with Crippen LogP contribution in [0.15, 0.2) is 18.2 Å². The third-order valence-electron chi connectivity index (χ3n) is 3.73. The molecule has 0 saturated heterocycles. The molecule has 17 heavy (non-hydrogen) atoms. The summed E-state index contributed by atoms with van der Waals surface area (Å²) in [5, 5.41) is 11.0. The molecule has 94 valence electrons. The first-order valence-corrected chi connectivity index (χ1v) is 6.98. The van der Waals surface area contributed by atoms with Gasteiger partial charge in [-0.25, -0.2) is 0 Å². The molecule has 0 aromatic heterocycles. The van der Waals surface area contributed by atoms with Crippen molar-refractivity contribution in [2.75, 3.05) is 0 Å². The molecule has 0 bridgehead atoms. The van der Waals surface area contributed by atoms with Crippen molar-refractivity contribution in [1.82, 2.24) is 0 Å². The molecular formula is C15H21ClO. The number of aliphatic hydroxyl groups is 1. The Labute approximate surface area is 109 Å². The van der Waals surface area contributed by atoms with Crippen molar-refractivity contribution in [2.45, 2.75) is 51.6 Å². The van der Waals surface area contributed by atoms with Crippen LogP contribution in [-0.4, -0.2) is 5.11 Å². The van der Waals surface area contributed by atoms with E-state index in [0.29, 0.717) is 5.92 Å². The summed E-state index contributed by atoms with van der Waals surface area (Å²) < 4.78 is 0. The van der Waals surface area contributed by atoms with E-state index < -0.39 is 0 Å². The van der Waals surface area contributed by atoms with Crippen LogP contribution in [0.2, 0.25) is 5.02 Å². The van der Waals surface area contributed by atoms with Gasteiger partial charge in [0.25, 0.3) is 0 Å². The Morgan fingerprint density at radius 3 is 2.59 bits per heavy atom. The van der Waals surface area contributed by atoms with E-state index in [0.717, 1.165) is 22.6 Å². The van der Waals surface area contributed by atoms with Gasteiger partial charge in [0.1, 0.15) is 0 Å². The quantitative estimate of drug-likeness (QED) is 0.830. The van der Waals surface area contributed by atoms with E-state index in [2.05, 4.69) is 0 Å². The molecule has 2 heteroatoms. The highest BCUT2D eigenvalue weighted by atomic mass is 35.5. The Morgan fingerprint density at radius 1 is 1.24 bits per heavy atom. The van der Waals surface area contributed by atoms with Crippen molar-refractivity contribution in [3.63, 3.8) is 0 Å². The third-order valence-corrected chi connectivity index (χ3v) is 3.95. The monoisotopic (exact) mass is 252 g/mol. The Hall–Kier alpha value is -0.530. The van der Waals surface area contributed by atoms with Gasteiger partial charge >= 0.3 is 0 Å². The van der Waals surface area contributed by atoms with Crippen LogP contribution in [0.4, 0.5) is 0 Å². The Bertz CT molecular complexity index is 349. The van der Waals surface area contributed by atoms with Crippen LogP contribution < -0.4 is 0 Å². The summed E-state index contributed by atoms with van der Waals surface area (Å²) in [5.74, 6) is 0.693. The van der Waals surface area contributed by atoms with Crippen molar-refractivity contribution in [3.05, 3.63) is 34.3 Å². The highest BCUT2D eigenvalue weighted by molar-refractivity contribution is 6.30. The number of aryl methyl sites for hydroxylation is 1. The van der Waals surface area contributed by atoms with Crippen LogP contribution in [0.1, 0.15) is 55.8 Å². The van der Waals surface area contributed by atoms with Gasteiger partial charge in [-0.2, -0.15) is 0 Å². The second-order valence-electron chi connectivity index (χ2n) is 5.32. The zero-order valence-corrected chi connectivity index (χ0v) is 11.2. The zero-order chi connectivity index (χ0) is 12.3. The molecule has 1 aromatic carbocycles. The van der Waals surface area contributed by atoms with Gasteiger partial charge < -0.3 is 5.11 Å². The van der Waals surface area contributed by atoms with E-state index in [4.69, 9.17) is 11.6 Å². The summed E-state index contributed by atoms with van der Waals surface area (Å²) in [6.07, 6.45) is 7.10. The third kappa shape index (κ3) is 3.72. The molecule has 1 atom stereocenters. The minimum absolute atomic E-state index is 0.351. The first-order chi connectivity index (χ1) is 8.15. The highest BCUT2D eigenvalue weighted by Crippen LogP contribution is 2.32. The van der Waals surface area contributed by atoms with E-state index in [1.54, 1.807) is 0 Å². The minimum atomic E-state index is -0.351. The molecule has 0 radical (unpaired) electrons. The summed E-state index contributed by atoms with van der Waals surface area (Å²) in [6, 6.07) is 5.86. The second kappa shape index (κ2) is 5.88. The second-order valence-corrected chi connectivity index (χ2v) is 5.75. The van der Waals surface area contributed by atoms with Crippen molar-refractivity contribution < 1.29 is 5.11 Å². The van der Waals surface area contributed by atoms with Gasteiger partial charge in [-0.05, 0) is 42.5 Å². The molecule has 1 aliphatic rings. The van der Waals surface area contributed by atoms with Gasteiger partial charge in [-0.3, -0.25) is 0 Å². The maximum Gasteiger partial charge on any atom is 0.0793 e. The molecule has 0 heterocycles. The smallest absolute Gasteiger partial charge is 0.0793 e. The molecule has 1 nitrogen and oxygen atoms in total.